The second-order valence-electron chi connectivity index (χ2n) is 10.5. The van der Waals surface area contributed by atoms with Crippen molar-refractivity contribution in [3.05, 3.63) is 54.0 Å². The summed E-state index contributed by atoms with van der Waals surface area (Å²) in [5.41, 5.74) is 4.97. The molecule has 1 unspecified atom stereocenters. The zero-order valence-electron chi connectivity index (χ0n) is 23.2. The molecule has 2 atom stereocenters. The average molecular weight is 571 g/mol. The summed E-state index contributed by atoms with van der Waals surface area (Å²) in [5, 5.41) is 13.1. The fourth-order valence-electron chi connectivity index (χ4n) is 5.38. The highest BCUT2D eigenvalue weighted by atomic mass is 16.5. The maximum absolute atomic E-state index is 12.9. The summed E-state index contributed by atoms with van der Waals surface area (Å²) in [6, 6.07) is 11.1. The first-order valence-electron chi connectivity index (χ1n) is 13.9. The van der Waals surface area contributed by atoms with Crippen LogP contribution in [0, 0.1) is 6.92 Å². The van der Waals surface area contributed by atoms with Crippen molar-refractivity contribution in [1.82, 2.24) is 24.8 Å². The van der Waals surface area contributed by atoms with E-state index in [1.54, 1.807) is 30.2 Å². The van der Waals surface area contributed by atoms with Gasteiger partial charge in [0.15, 0.2) is 11.5 Å². The smallest absolute Gasteiger partial charge is 0.254 e. The lowest BCUT2D eigenvalue weighted by Crippen LogP contribution is -2.17. The number of aliphatic hydroxyl groups is 1. The van der Waals surface area contributed by atoms with Crippen LogP contribution in [0.25, 0.3) is 33.3 Å². The molecule has 2 aliphatic heterocycles. The molecule has 2 aliphatic rings. The maximum Gasteiger partial charge on any atom is 0.254 e. The van der Waals surface area contributed by atoms with Gasteiger partial charge in [-0.1, -0.05) is 6.07 Å². The first-order valence-corrected chi connectivity index (χ1v) is 13.9. The Labute approximate surface area is 240 Å². The minimum absolute atomic E-state index is 0.0587. The number of aromatic amines is 1. The molecular weight excluding hydrogens is 540 g/mol. The van der Waals surface area contributed by atoms with Crippen LogP contribution in [0.1, 0.15) is 29.1 Å². The number of nitrogens with zero attached hydrogens (tertiary/aromatic N) is 4. The van der Waals surface area contributed by atoms with Gasteiger partial charge in [0.05, 0.1) is 37.4 Å². The highest BCUT2D eigenvalue weighted by Gasteiger charge is 2.38. The molecule has 42 heavy (non-hydrogen) atoms. The van der Waals surface area contributed by atoms with Gasteiger partial charge < -0.3 is 38.9 Å². The number of hydrogen-bond acceptors (Lipinski definition) is 10. The number of ether oxygens (including phenoxy) is 3. The highest BCUT2D eigenvalue weighted by molar-refractivity contribution is 5.99. The quantitative estimate of drug-likeness (QED) is 0.220. The number of hydrogen-bond donors (Lipinski definition) is 3. The summed E-state index contributed by atoms with van der Waals surface area (Å²) < 4.78 is 23.3. The van der Waals surface area contributed by atoms with Crippen molar-refractivity contribution < 1.29 is 28.5 Å². The normalized spacial score (nSPS) is 18.1. The second kappa shape index (κ2) is 10.6. The molecule has 0 radical (unpaired) electrons. The van der Waals surface area contributed by atoms with Gasteiger partial charge in [-0.3, -0.25) is 4.79 Å². The average Bonchev–Trinajstić information content (AvgIpc) is 3.31. The molecule has 7 rings (SSSR count). The van der Waals surface area contributed by atoms with Crippen molar-refractivity contribution in [2.24, 2.45) is 0 Å². The van der Waals surface area contributed by atoms with Crippen LogP contribution in [0.15, 0.2) is 47.0 Å². The number of carbonyl (C=O) groups excluding carboxylic acids is 1. The van der Waals surface area contributed by atoms with Crippen LogP contribution in [0.4, 0.5) is 11.6 Å². The van der Waals surface area contributed by atoms with Gasteiger partial charge in [-0.15, -0.1) is 0 Å². The molecular formula is C30H30N6O6. The van der Waals surface area contributed by atoms with E-state index in [1.807, 2.05) is 31.3 Å². The molecule has 2 saturated heterocycles. The van der Waals surface area contributed by atoms with Crippen molar-refractivity contribution >= 4 is 39.7 Å². The molecule has 2 fully saturated rings. The Bertz CT molecular complexity index is 1790. The van der Waals surface area contributed by atoms with Crippen LogP contribution in [0.2, 0.25) is 0 Å². The van der Waals surface area contributed by atoms with Crippen molar-refractivity contribution in [1.29, 1.82) is 0 Å². The summed E-state index contributed by atoms with van der Waals surface area (Å²) >= 11 is 0. The lowest BCUT2D eigenvalue weighted by molar-refractivity contribution is 0.0870. The van der Waals surface area contributed by atoms with Gasteiger partial charge in [0.25, 0.3) is 5.91 Å². The number of nitrogens with one attached hydrogen (secondary N) is 2. The predicted molar refractivity (Wildman–Crippen MR) is 154 cm³/mol. The molecule has 12 heteroatoms. The Morgan fingerprint density at radius 3 is 2.93 bits per heavy atom. The number of aryl methyl sites for hydroxylation is 1. The van der Waals surface area contributed by atoms with Gasteiger partial charge in [-0.25, -0.2) is 4.98 Å². The van der Waals surface area contributed by atoms with Crippen LogP contribution < -0.4 is 14.8 Å². The molecule has 3 aromatic heterocycles. The van der Waals surface area contributed by atoms with Crippen molar-refractivity contribution in [3.8, 4) is 22.8 Å². The molecule has 5 aromatic rings. The monoisotopic (exact) mass is 570 g/mol. The number of rotatable bonds is 9. The Hall–Kier alpha value is -4.68. The second-order valence-corrected chi connectivity index (χ2v) is 10.5. The molecule has 0 saturated carbocycles. The standard InChI is InChI=1S/C30H30N6O6/c1-16-32-23-5-3-17(11-25(23)41-16)21-13-31-27-26(21)28(42-20-8-10-40-15-20)35-30(34-27)33-22-6-4-18(12-24(22)39-2)29(38)36-14-19(36)7-9-37/h3-6,11-13,19-20,37H,7-10,14-15H2,1-2H3,(H2,31,33,34,35)/t19-,20?,36?/m0/s1. The molecule has 2 aromatic carbocycles. The molecule has 12 nitrogen and oxygen atoms in total. The number of carbonyl (C=O) groups is 1. The van der Waals surface area contributed by atoms with Crippen LogP contribution in [0.3, 0.4) is 0 Å². The van der Waals surface area contributed by atoms with E-state index >= 15 is 0 Å². The number of aromatic nitrogens is 4. The molecule has 0 bridgehead atoms. The van der Waals surface area contributed by atoms with Crippen molar-refractivity contribution in [3.63, 3.8) is 0 Å². The minimum Gasteiger partial charge on any atom is -0.495 e. The third kappa shape index (κ3) is 4.88. The fraction of sp³-hybridized carbons (Fsp3) is 0.333. The molecule has 216 valence electrons. The minimum atomic E-state index is -0.134. The number of anilines is 2. The van der Waals surface area contributed by atoms with E-state index in [2.05, 4.69) is 15.3 Å². The Morgan fingerprint density at radius 1 is 1.21 bits per heavy atom. The Kier molecular flexibility index (Phi) is 6.63. The number of H-pyrrole nitrogens is 1. The summed E-state index contributed by atoms with van der Waals surface area (Å²) in [6.07, 6.45) is 3.08. The molecule has 0 spiro atoms. The lowest BCUT2D eigenvalue weighted by atomic mass is 10.1. The molecule has 5 heterocycles. The van der Waals surface area contributed by atoms with E-state index in [-0.39, 0.29) is 24.7 Å². The number of fused-ring (bicyclic) bond motifs is 2. The topological polar surface area (TPSA) is 148 Å². The van der Waals surface area contributed by atoms with Gasteiger partial charge in [0, 0.05) is 43.8 Å². The van der Waals surface area contributed by atoms with Crippen LogP contribution in [-0.4, -0.2) is 81.5 Å². The number of methoxy groups -OCH3 is 1. The largest absolute Gasteiger partial charge is 0.495 e. The van der Waals surface area contributed by atoms with Crippen molar-refractivity contribution in [2.45, 2.75) is 31.9 Å². The number of oxazole rings is 1. The zero-order chi connectivity index (χ0) is 28.8. The first kappa shape index (κ1) is 26.2. The van der Waals surface area contributed by atoms with Gasteiger partial charge in [-0.05, 0) is 42.3 Å². The van der Waals surface area contributed by atoms with Crippen LogP contribution in [-0.2, 0) is 4.74 Å². The fourth-order valence-corrected chi connectivity index (χ4v) is 5.38. The maximum atomic E-state index is 12.9. The third-order valence-electron chi connectivity index (χ3n) is 7.60. The van der Waals surface area contributed by atoms with E-state index in [4.69, 9.17) is 33.7 Å². The summed E-state index contributed by atoms with van der Waals surface area (Å²) in [6.45, 7) is 3.64. The molecule has 0 aliphatic carbocycles. The number of benzene rings is 2. The first-order chi connectivity index (χ1) is 20.5. The molecule has 3 N–H and O–H groups in total. The number of amides is 1. The van der Waals surface area contributed by atoms with Gasteiger partial charge >= 0.3 is 0 Å². The van der Waals surface area contributed by atoms with E-state index < -0.39 is 0 Å². The van der Waals surface area contributed by atoms with Crippen molar-refractivity contribution in [2.75, 3.05) is 38.8 Å². The van der Waals surface area contributed by atoms with E-state index in [0.717, 1.165) is 28.5 Å². The SMILES string of the molecule is COc1cc(C(=O)N2C[C@@H]2CCO)ccc1Nc1nc(OC2CCOC2)c2c(-c3ccc4nc(C)oc4c3)c[nH]c2n1. The highest BCUT2D eigenvalue weighted by Crippen LogP contribution is 2.38. The Balaban J connectivity index is 1.23. The summed E-state index contributed by atoms with van der Waals surface area (Å²) in [4.78, 5) is 31.8. The third-order valence-corrected chi connectivity index (χ3v) is 7.60. The number of aliphatic hydroxyl groups excluding tert-OH is 1. The van der Waals surface area contributed by atoms with E-state index in [1.165, 1.54) is 0 Å². The van der Waals surface area contributed by atoms with Crippen LogP contribution in [0.5, 0.6) is 11.6 Å². The summed E-state index contributed by atoms with van der Waals surface area (Å²) in [5.74, 6) is 1.71. The van der Waals surface area contributed by atoms with E-state index in [0.29, 0.717) is 72.1 Å². The summed E-state index contributed by atoms with van der Waals surface area (Å²) in [7, 11) is 1.55. The van der Waals surface area contributed by atoms with E-state index in [9.17, 15) is 4.79 Å². The zero-order valence-corrected chi connectivity index (χ0v) is 23.2. The molecule has 1 amide bonds. The van der Waals surface area contributed by atoms with Crippen LogP contribution >= 0.6 is 0 Å². The van der Waals surface area contributed by atoms with Gasteiger partial charge in [-0.2, -0.15) is 9.97 Å². The van der Waals surface area contributed by atoms with Gasteiger partial charge in [0.2, 0.25) is 11.8 Å². The Morgan fingerprint density at radius 2 is 2.12 bits per heavy atom. The van der Waals surface area contributed by atoms with Gasteiger partial charge in [0.1, 0.15) is 23.0 Å². The lowest BCUT2D eigenvalue weighted by Gasteiger charge is -2.15. The predicted octanol–water partition coefficient (Wildman–Crippen LogP) is 4.20.